The number of nitrogens with zero attached hydrogens (tertiary/aromatic N) is 3. The highest BCUT2D eigenvalue weighted by molar-refractivity contribution is 9.10. The smallest absolute Gasteiger partial charge is 0.247 e. The molecule has 2 heterocycles. The number of amides is 2. The van der Waals surface area contributed by atoms with Gasteiger partial charge in [-0.05, 0) is 54.4 Å². The number of imide groups is 1. The Labute approximate surface area is 230 Å². The molecule has 2 amide bonds. The normalized spacial score (nSPS) is 19.7. The minimum atomic E-state index is -0.669. The van der Waals surface area contributed by atoms with Crippen LogP contribution >= 0.6 is 43.6 Å². The van der Waals surface area contributed by atoms with Crippen LogP contribution in [0.3, 0.4) is 0 Å². The van der Waals surface area contributed by atoms with E-state index >= 15 is 0 Å². The molecule has 1 saturated heterocycles. The van der Waals surface area contributed by atoms with E-state index in [4.69, 9.17) is 10.5 Å². The molecule has 1 N–H and O–H groups in total. The lowest BCUT2D eigenvalue weighted by Gasteiger charge is -2.24. The molecule has 1 fully saturated rings. The summed E-state index contributed by atoms with van der Waals surface area (Å²) < 4.78 is 1.84. The van der Waals surface area contributed by atoms with E-state index < -0.39 is 5.25 Å². The van der Waals surface area contributed by atoms with E-state index in [2.05, 4.69) is 44.0 Å². The summed E-state index contributed by atoms with van der Waals surface area (Å²) in [6.07, 6.45) is 0.684. The van der Waals surface area contributed by atoms with Crippen LogP contribution in [0.5, 0.6) is 0 Å². The lowest BCUT2D eigenvalue weighted by Crippen LogP contribution is -2.32. The molecule has 2 unspecified atom stereocenters. The van der Waals surface area contributed by atoms with Gasteiger partial charge >= 0.3 is 0 Å². The van der Waals surface area contributed by atoms with Crippen LogP contribution in [0.15, 0.2) is 86.8 Å². The third kappa shape index (κ3) is 5.05. The molecule has 182 valence electrons. The van der Waals surface area contributed by atoms with Crippen molar-refractivity contribution in [3.8, 4) is 0 Å². The number of amidine groups is 1. The molecule has 36 heavy (non-hydrogen) atoms. The molecule has 2 aliphatic heterocycles. The first-order valence-electron chi connectivity index (χ1n) is 11.4. The van der Waals surface area contributed by atoms with Crippen molar-refractivity contribution in [3.63, 3.8) is 0 Å². The molecule has 0 aliphatic carbocycles. The second-order valence-corrected chi connectivity index (χ2v) is 11.7. The van der Waals surface area contributed by atoms with Crippen LogP contribution in [0.4, 0.5) is 5.69 Å². The van der Waals surface area contributed by atoms with Gasteiger partial charge in [-0.25, -0.2) is 9.91 Å². The van der Waals surface area contributed by atoms with Crippen molar-refractivity contribution in [2.75, 3.05) is 4.90 Å². The summed E-state index contributed by atoms with van der Waals surface area (Å²) in [6.45, 7) is 2.04. The molecule has 2 atom stereocenters. The van der Waals surface area contributed by atoms with Gasteiger partial charge in [0.1, 0.15) is 5.25 Å². The Balaban J connectivity index is 1.39. The summed E-state index contributed by atoms with van der Waals surface area (Å²) in [5, 5.41) is 14.9. The van der Waals surface area contributed by atoms with Gasteiger partial charge in [-0.15, -0.1) is 0 Å². The predicted molar refractivity (Wildman–Crippen MR) is 151 cm³/mol. The van der Waals surface area contributed by atoms with Gasteiger partial charge in [0.25, 0.3) is 0 Å². The van der Waals surface area contributed by atoms with Crippen molar-refractivity contribution in [2.45, 2.75) is 31.1 Å². The molecule has 0 bridgehead atoms. The third-order valence-corrected chi connectivity index (χ3v) is 8.32. The van der Waals surface area contributed by atoms with Gasteiger partial charge in [0, 0.05) is 21.8 Å². The van der Waals surface area contributed by atoms with E-state index in [1.54, 1.807) is 29.3 Å². The summed E-state index contributed by atoms with van der Waals surface area (Å²) in [6, 6.07) is 23.1. The average Bonchev–Trinajstić information content (AvgIpc) is 3.42. The van der Waals surface area contributed by atoms with Crippen LogP contribution in [0.2, 0.25) is 0 Å². The minimum Gasteiger partial charge on any atom is -0.277 e. The molecule has 0 radical (unpaired) electrons. The Morgan fingerprint density at radius 2 is 1.53 bits per heavy atom. The van der Waals surface area contributed by atoms with Gasteiger partial charge in [-0.2, -0.15) is 5.10 Å². The Kier molecular flexibility index (Phi) is 7.14. The topological polar surface area (TPSA) is 76.8 Å². The maximum atomic E-state index is 13.2. The lowest BCUT2D eigenvalue weighted by atomic mass is 9.98. The second-order valence-electron chi connectivity index (χ2n) is 8.69. The molecular formula is C27H22Br2N4O2S. The number of rotatable bonds is 4. The SMILES string of the molecule is Cc1ccc(C2=NN(C(=N)SC3CC(=O)N(c4ccc(Br)cc4)C3=O)C(c3ccc(Br)cc3)C2)cc1. The van der Waals surface area contributed by atoms with E-state index in [0.717, 1.165) is 37.5 Å². The van der Waals surface area contributed by atoms with Crippen LogP contribution in [-0.4, -0.2) is 33.0 Å². The summed E-state index contributed by atoms with van der Waals surface area (Å²) >= 11 is 7.96. The third-order valence-electron chi connectivity index (χ3n) is 6.20. The number of hydrazone groups is 1. The first-order chi connectivity index (χ1) is 17.3. The van der Waals surface area contributed by atoms with E-state index in [1.165, 1.54) is 10.5 Å². The van der Waals surface area contributed by atoms with E-state index in [1.807, 2.05) is 43.3 Å². The quantitative estimate of drug-likeness (QED) is 0.200. The Morgan fingerprint density at radius 1 is 0.917 bits per heavy atom. The molecule has 5 rings (SSSR count). The van der Waals surface area contributed by atoms with Crippen molar-refractivity contribution in [1.82, 2.24) is 5.01 Å². The van der Waals surface area contributed by atoms with Crippen LogP contribution in [0.25, 0.3) is 0 Å². The van der Waals surface area contributed by atoms with Crippen molar-refractivity contribution in [1.29, 1.82) is 5.41 Å². The first kappa shape index (κ1) is 24.9. The van der Waals surface area contributed by atoms with Crippen molar-refractivity contribution >= 4 is 72.0 Å². The van der Waals surface area contributed by atoms with Gasteiger partial charge in [0.05, 0.1) is 17.4 Å². The molecular weight excluding hydrogens is 604 g/mol. The van der Waals surface area contributed by atoms with Gasteiger partial charge < -0.3 is 0 Å². The highest BCUT2D eigenvalue weighted by Crippen LogP contribution is 2.38. The lowest BCUT2D eigenvalue weighted by molar-refractivity contribution is -0.121. The number of halogens is 2. The minimum absolute atomic E-state index is 0.0489. The molecule has 2 aliphatic rings. The number of carbonyl (C=O) groups is 2. The first-order valence-corrected chi connectivity index (χ1v) is 13.8. The number of benzene rings is 3. The van der Waals surface area contributed by atoms with Crippen LogP contribution in [-0.2, 0) is 9.59 Å². The van der Waals surface area contributed by atoms with Crippen molar-refractivity contribution < 1.29 is 9.59 Å². The van der Waals surface area contributed by atoms with Crippen LogP contribution in [0.1, 0.15) is 35.6 Å². The number of carbonyl (C=O) groups excluding carboxylic acids is 2. The molecule has 0 spiro atoms. The van der Waals surface area contributed by atoms with Crippen LogP contribution < -0.4 is 4.90 Å². The van der Waals surface area contributed by atoms with Crippen molar-refractivity contribution in [2.24, 2.45) is 5.10 Å². The fourth-order valence-electron chi connectivity index (χ4n) is 4.31. The zero-order chi connectivity index (χ0) is 25.4. The van der Waals surface area contributed by atoms with E-state index in [-0.39, 0.29) is 29.4 Å². The predicted octanol–water partition coefficient (Wildman–Crippen LogP) is 6.67. The summed E-state index contributed by atoms with van der Waals surface area (Å²) in [5.74, 6) is -0.568. The number of hydrogen-bond acceptors (Lipinski definition) is 5. The zero-order valence-electron chi connectivity index (χ0n) is 19.3. The van der Waals surface area contributed by atoms with Crippen LogP contribution in [0, 0.1) is 12.3 Å². The Hall–Kier alpha value is -2.75. The van der Waals surface area contributed by atoms with E-state index in [9.17, 15) is 9.59 Å². The monoisotopic (exact) mass is 624 g/mol. The van der Waals surface area contributed by atoms with Gasteiger partial charge in [0.2, 0.25) is 11.8 Å². The standard InChI is InChI=1S/C27H22Br2N4O2S/c1-16-2-4-17(5-3-16)22-14-23(18-6-8-19(28)9-7-18)33(31-22)27(30)36-24-15-25(34)32(26(24)35)21-12-10-20(29)11-13-21/h2-13,23-24,30H,14-15H2,1H3. The largest absolute Gasteiger partial charge is 0.277 e. The Bertz CT molecular complexity index is 1360. The Morgan fingerprint density at radius 3 is 2.17 bits per heavy atom. The fourth-order valence-corrected chi connectivity index (χ4v) is 5.82. The van der Waals surface area contributed by atoms with Gasteiger partial charge in [0.15, 0.2) is 5.17 Å². The summed E-state index contributed by atoms with van der Waals surface area (Å²) in [7, 11) is 0. The average molecular weight is 626 g/mol. The highest BCUT2D eigenvalue weighted by atomic mass is 79.9. The number of nitrogens with one attached hydrogen (secondary N) is 1. The van der Waals surface area contributed by atoms with Gasteiger partial charge in [-0.3, -0.25) is 15.0 Å². The number of hydrogen-bond donors (Lipinski definition) is 1. The highest BCUT2D eigenvalue weighted by Gasteiger charge is 2.42. The maximum Gasteiger partial charge on any atom is 0.247 e. The second kappa shape index (κ2) is 10.3. The maximum absolute atomic E-state index is 13.2. The number of anilines is 1. The molecule has 6 nitrogen and oxygen atoms in total. The van der Waals surface area contributed by atoms with E-state index in [0.29, 0.717) is 12.1 Å². The number of aryl methyl sites for hydroxylation is 1. The van der Waals surface area contributed by atoms with Gasteiger partial charge in [-0.1, -0.05) is 85.6 Å². The molecule has 3 aromatic carbocycles. The van der Waals surface area contributed by atoms with Crippen molar-refractivity contribution in [3.05, 3.63) is 98.4 Å². The molecule has 9 heteroatoms. The fraction of sp³-hybridized carbons (Fsp3) is 0.185. The number of thioether (sulfide) groups is 1. The molecule has 3 aromatic rings. The summed E-state index contributed by atoms with van der Waals surface area (Å²) in [5.41, 5.74) is 4.63. The molecule has 0 aromatic heterocycles. The zero-order valence-corrected chi connectivity index (χ0v) is 23.3. The molecule has 0 saturated carbocycles. The summed E-state index contributed by atoms with van der Waals surface area (Å²) in [4.78, 5) is 27.1.